The van der Waals surface area contributed by atoms with E-state index in [4.69, 9.17) is 14.6 Å². The predicted octanol–water partition coefficient (Wildman–Crippen LogP) is 1.62. The Morgan fingerprint density at radius 3 is 2.50 bits per heavy atom. The molecule has 0 amide bonds. The number of carboxylic acids is 1. The zero-order valence-electron chi connectivity index (χ0n) is 8.83. The number of carbonyl (C=O) groups is 1. The number of benzene rings is 1. The van der Waals surface area contributed by atoms with Crippen molar-refractivity contribution in [2.75, 3.05) is 13.2 Å². The molecule has 0 bridgehead atoms. The Morgan fingerprint density at radius 2 is 1.94 bits per heavy atom. The Morgan fingerprint density at radius 1 is 1.31 bits per heavy atom. The zero-order chi connectivity index (χ0) is 11.4. The number of hydrogen-bond acceptors (Lipinski definition) is 3. The van der Waals surface area contributed by atoms with Gasteiger partial charge in [0, 0.05) is 5.92 Å². The molecule has 1 aliphatic heterocycles. The third-order valence-electron chi connectivity index (χ3n) is 2.60. The Hall–Kier alpha value is -1.39. The van der Waals surface area contributed by atoms with Crippen molar-refractivity contribution in [2.45, 2.75) is 18.6 Å². The van der Waals surface area contributed by atoms with E-state index >= 15 is 0 Å². The van der Waals surface area contributed by atoms with Gasteiger partial charge < -0.3 is 14.6 Å². The van der Waals surface area contributed by atoms with Crippen LogP contribution in [0.1, 0.15) is 17.9 Å². The van der Waals surface area contributed by atoms with E-state index in [-0.39, 0.29) is 12.3 Å². The number of rotatable bonds is 4. The van der Waals surface area contributed by atoms with E-state index in [0.29, 0.717) is 13.2 Å². The molecule has 4 heteroatoms. The second-order valence-electron chi connectivity index (χ2n) is 3.73. The molecule has 0 radical (unpaired) electrons. The van der Waals surface area contributed by atoms with E-state index < -0.39 is 12.3 Å². The van der Waals surface area contributed by atoms with E-state index in [0.717, 1.165) is 5.56 Å². The van der Waals surface area contributed by atoms with E-state index in [9.17, 15) is 4.79 Å². The molecule has 0 aliphatic carbocycles. The first-order valence-electron chi connectivity index (χ1n) is 5.27. The van der Waals surface area contributed by atoms with Gasteiger partial charge in [0.25, 0.3) is 0 Å². The van der Waals surface area contributed by atoms with Gasteiger partial charge in [0.2, 0.25) is 0 Å². The van der Waals surface area contributed by atoms with Gasteiger partial charge in [0.15, 0.2) is 6.29 Å². The van der Waals surface area contributed by atoms with Gasteiger partial charge in [0.05, 0.1) is 19.6 Å². The molecule has 0 spiro atoms. The number of hydrogen-bond donors (Lipinski definition) is 1. The minimum Gasteiger partial charge on any atom is -0.481 e. The van der Waals surface area contributed by atoms with Crippen molar-refractivity contribution >= 4 is 5.97 Å². The summed E-state index contributed by atoms with van der Waals surface area (Å²) >= 11 is 0. The molecule has 0 saturated carbocycles. The van der Waals surface area contributed by atoms with Gasteiger partial charge in [-0.15, -0.1) is 0 Å². The smallest absolute Gasteiger partial charge is 0.304 e. The SMILES string of the molecule is O=C(O)CC(c1ccccc1)C1OCCO1. The third kappa shape index (κ3) is 2.59. The second-order valence-corrected chi connectivity index (χ2v) is 3.73. The van der Waals surface area contributed by atoms with Crippen molar-refractivity contribution in [3.63, 3.8) is 0 Å². The molecule has 2 rings (SSSR count). The fourth-order valence-corrected chi connectivity index (χ4v) is 1.87. The van der Waals surface area contributed by atoms with Gasteiger partial charge in [-0.05, 0) is 5.56 Å². The number of ether oxygens (including phenoxy) is 2. The molecule has 86 valence electrons. The predicted molar refractivity (Wildman–Crippen MR) is 57.1 cm³/mol. The van der Waals surface area contributed by atoms with Crippen LogP contribution in [0.15, 0.2) is 30.3 Å². The highest BCUT2D eigenvalue weighted by Crippen LogP contribution is 2.28. The zero-order valence-corrected chi connectivity index (χ0v) is 8.83. The fourth-order valence-electron chi connectivity index (χ4n) is 1.87. The lowest BCUT2D eigenvalue weighted by atomic mass is 9.95. The van der Waals surface area contributed by atoms with Crippen LogP contribution in [0.3, 0.4) is 0 Å². The average molecular weight is 222 g/mol. The Bertz CT molecular complexity index is 343. The van der Waals surface area contributed by atoms with Crippen molar-refractivity contribution in [2.24, 2.45) is 0 Å². The van der Waals surface area contributed by atoms with E-state index in [1.807, 2.05) is 30.3 Å². The normalized spacial score (nSPS) is 18.5. The molecule has 16 heavy (non-hydrogen) atoms. The summed E-state index contributed by atoms with van der Waals surface area (Å²) in [6.45, 7) is 1.07. The lowest BCUT2D eigenvalue weighted by molar-refractivity contribution is -0.140. The van der Waals surface area contributed by atoms with Gasteiger partial charge in [-0.25, -0.2) is 0 Å². The van der Waals surface area contributed by atoms with E-state index in [1.54, 1.807) is 0 Å². The van der Waals surface area contributed by atoms with Crippen molar-refractivity contribution in [3.05, 3.63) is 35.9 Å². The Kier molecular flexibility index (Phi) is 3.54. The first-order chi connectivity index (χ1) is 7.77. The van der Waals surface area contributed by atoms with E-state index in [1.165, 1.54) is 0 Å². The largest absolute Gasteiger partial charge is 0.481 e. The lowest BCUT2D eigenvalue weighted by Gasteiger charge is -2.20. The first-order valence-corrected chi connectivity index (χ1v) is 5.27. The second kappa shape index (κ2) is 5.09. The molecule has 1 aromatic carbocycles. The number of aliphatic carboxylic acids is 1. The summed E-state index contributed by atoms with van der Waals surface area (Å²) in [5.74, 6) is -1.07. The van der Waals surface area contributed by atoms with Crippen molar-refractivity contribution in [1.29, 1.82) is 0 Å². The molecular weight excluding hydrogens is 208 g/mol. The van der Waals surface area contributed by atoms with Crippen LogP contribution in [0.2, 0.25) is 0 Å². The minimum atomic E-state index is -0.840. The Balaban J connectivity index is 2.16. The number of carboxylic acid groups (broad SMARTS) is 1. The van der Waals surface area contributed by atoms with Crippen molar-refractivity contribution in [1.82, 2.24) is 0 Å². The van der Waals surface area contributed by atoms with Crippen LogP contribution in [0, 0.1) is 0 Å². The van der Waals surface area contributed by atoms with Crippen LogP contribution in [0.4, 0.5) is 0 Å². The summed E-state index contributed by atoms with van der Waals surface area (Å²) in [6.07, 6.45) is -0.409. The summed E-state index contributed by atoms with van der Waals surface area (Å²) in [4.78, 5) is 10.8. The summed E-state index contributed by atoms with van der Waals surface area (Å²) in [5.41, 5.74) is 0.941. The van der Waals surface area contributed by atoms with Gasteiger partial charge in [-0.1, -0.05) is 30.3 Å². The summed E-state index contributed by atoms with van der Waals surface area (Å²) < 4.78 is 10.8. The standard InChI is InChI=1S/C12H14O4/c13-11(14)8-10(12-15-6-7-16-12)9-4-2-1-3-5-9/h1-5,10,12H,6-8H2,(H,13,14). The van der Waals surface area contributed by atoms with Crippen molar-refractivity contribution in [3.8, 4) is 0 Å². The van der Waals surface area contributed by atoms with Gasteiger partial charge in [0.1, 0.15) is 0 Å². The Labute approximate surface area is 93.8 Å². The molecule has 1 fully saturated rings. The van der Waals surface area contributed by atoms with E-state index in [2.05, 4.69) is 0 Å². The topological polar surface area (TPSA) is 55.8 Å². The molecule has 1 saturated heterocycles. The quantitative estimate of drug-likeness (QED) is 0.841. The molecule has 0 aromatic heterocycles. The summed E-state index contributed by atoms with van der Waals surface area (Å²) in [7, 11) is 0. The van der Waals surface area contributed by atoms with Crippen LogP contribution in [0.25, 0.3) is 0 Å². The molecular formula is C12H14O4. The highest BCUT2D eigenvalue weighted by molar-refractivity contribution is 5.68. The maximum atomic E-state index is 10.8. The molecule has 1 N–H and O–H groups in total. The minimum absolute atomic E-state index is 0.0225. The summed E-state index contributed by atoms with van der Waals surface area (Å²) in [5, 5.41) is 8.89. The van der Waals surface area contributed by atoms with Crippen LogP contribution >= 0.6 is 0 Å². The molecule has 4 nitrogen and oxygen atoms in total. The first kappa shape index (κ1) is 11.1. The molecule has 1 aromatic rings. The average Bonchev–Trinajstić information content (AvgIpc) is 2.80. The van der Waals surface area contributed by atoms with Crippen LogP contribution in [-0.4, -0.2) is 30.6 Å². The maximum absolute atomic E-state index is 10.8. The van der Waals surface area contributed by atoms with Crippen LogP contribution in [0.5, 0.6) is 0 Å². The molecule has 1 heterocycles. The van der Waals surface area contributed by atoms with Gasteiger partial charge >= 0.3 is 5.97 Å². The molecule has 1 atom stereocenters. The monoisotopic (exact) mass is 222 g/mol. The van der Waals surface area contributed by atoms with Crippen LogP contribution < -0.4 is 0 Å². The summed E-state index contributed by atoms with van der Waals surface area (Å²) in [6, 6.07) is 9.48. The van der Waals surface area contributed by atoms with Gasteiger partial charge in [-0.3, -0.25) is 4.79 Å². The van der Waals surface area contributed by atoms with Crippen molar-refractivity contribution < 1.29 is 19.4 Å². The van der Waals surface area contributed by atoms with Crippen LogP contribution in [-0.2, 0) is 14.3 Å². The maximum Gasteiger partial charge on any atom is 0.304 e. The highest BCUT2D eigenvalue weighted by Gasteiger charge is 2.29. The fraction of sp³-hybridized carbons (Fsp3) is 0.417. The highest BCUT2D eigenvalue weighted by atomic mass is 16.7. The third-order valence-corrected chi connectivity index (χ3v) is 2.60. The molecule has 1 aliphatic rings. The lowest BCUT2D eigenvalue weighted by Crippen LogP contribution is -2.22. The van der Waals surface area contributed by atoms with Gasteiger partial charge in [-0.2, -0.15) is 0 Å². The molecule has 1 unspecified atom stereocenters.